The Bertz CT molecular complexity index is 666. The predicted molar refractivity (Wildman–Crippen MR) is 84.3 cm³/mol. The number of rotatable bonds is 4. The number of benzene rings is 2. The van der Waals surface area contributed by atoms with Crippen molar-refractivity contribution in [3.63, 3.8) is 0 Å². The Morgan fingerprint density at radius 2 is 2.10 bits per heavy atom. The van der Waals surface area contributed by atoms with Crippen molar-refractivity contribution < 1.29 is 13.9 Å². The lowest BCUT2D eigenvalue weighted by Crippen LogP contribution is -2.30. The second-order valence-electron chi connectivity index (χ2n) is 4.33. The van der Waals surface area contributed by atoms with Crippen LogP contribution in [0.3, 0.4) is 0 Å². The molecule has 0 saturated heterocycles. The highest BCUT2D eigenvalue weighted by atomic mass is 79.9. The molecule has 0 bridgehead atoms. The highest BCUT2D eigenvalue weighted by Crippen LogP contribution is 2.21. The SMILES string of the molecule is CC(Oc1cccc(Cl)c1)C(=O)Nc1ccc(Br)cc1F. The summed E-state index contributed by atoms with van der Waals surface area (Å²) >= 11 is 8.99. The van der Waals surface area contributed by atoms with E-state index < -0.39 is 17.8 Å². The van der Waals surface area contributed by atoms with Gasteiger partial charge in [-0.25, -0.2) is 4.39 Å². The van der Waals surface area contributed by atoms with Gasteiger partial charge >= 0.3 is 0 Å². The Labute approximate surface area is 135 Å². The molecular weight excluding hydrogens is 361 g/mol. The van der Waals surface area contributed by atoms with Gasteiger partial charge in [-0.2, -0.15) is 0 Å². The Hall–Kier alpha value is -1.59. The Morgan fingerprint density at radius 1 is 1.33 bits per heavy atom. The topological polar surface area (TPSA) is 38.3 Å². The summed E-state index contributed by atoms with van der Waals surface area (Å²) in [7, 11) is 0. The third-order valence-electron chi connectivity index (χ3n) is 2.67. The number of hydrogen-bond acceptors (Lipinski definition) is 2. The molecule has 1 N–H and O–H groups in total. The minimum atomic E-state index is -0.786. The van der Waals surface area contributed by atoms with Gasteiger partial charge in [0, 0.05) is 9.50 Å². The van der Waals surface area contributed by atoms with Gasteiger partial charge in [0.1, 0.15) is 11.6 Å². The fraction of sp³-hybridized carbons (Fsp3) is 0.133. The van der Waals surface area contributed by atoms with Gasteiger partial charge in [-0.3, -0.25) is 4.79 Å². The molecule has 3 nitrogen and oxygen atoms in total. The second-order valence-corrected chi connectivity index (χ2v) is 5.68. The minimum absolute atomic E-state index is 0.102. The van der Waals surface area contributed by atoms with E-state index in [1.165, 1.54) is 12.1 Å². The van der Waals surface area contributed by atoms with Gasteiger partial charge in [0.2, 0.25) is 0 Å². The number of hydrogen-bond donors (Lipinski definition) is 1. The summed E-state index contributed by atoms with van der Waals surface area (Å²) in [6, 6.07) is 11.1. The van der Waals surface area contributed by atoms with E-state index in [0.717, 1.165) is 0 Å². The first-order chi connectivity index (χ1) is 9.95. The highest BCUT2D eigenvalue weighted by Gasteiger charge is 2.16. The molecule has 1 atom stereocenters. The first kappa shape index (κ1) is 15.8. The van der Waals surface area contributed by atoms with Gasteiger partial charge in [-0.05, 0) is 43.3 Å². The molecule has 2 aromatic carbocycles. The van der Waals surface area contributed by atoms with Crippen LogP contribution >= 0.6 is 27.5 Å². The minimum Gasteiger partial charge on any atom is -0.481 e. The smallest absolute Gasteiger partial charge is 0.265 e. The van der Waals surface area contributed by atoms with Crippen molar-refractivity contribution in [2.75, 3.05) is 5.32 Å². The van der Waals surface area contributed by atoms with E-state index in [0.29, 0.717) is 15.2 Å². The van der Waals surface area contributed by atoms with Crippen molar-refractivity contribution in [2.24, 2.45) is 0 Å². The standard InChI is InChI=1S/C15H12BrClFNO2/c1-9(21-12-4-2-3-11(17)8-12)15(20)19-14-6-5-10(16)7-13(14)18/h2-9H,1H3,(H,19,20). The van der Waals surface area contributed by atoms with Crippen LogP contribution in [0.5, 0.6) is 5.75 Å². The van der Waals surface area contributed by atoms with Crippen LogP contribution in [0.2, 0.25) is 5.02 Å². The van der Waals surface area contributed by atoms with Crippen molar-refractivity contribution in [2.45, 2.75) is 13.0 Å². The van der Waals surface area contributed by atoms with Crippen LogP contribution in [-0.4, -0.2) is 12.0 Å². The number of carbonyl (C=O) groups excluding carboxylic acids is 1. The molecule has 0 saturated carbocycles. The van der Waals surface area contributed by atoms with Crippen LogP contribution < -0.4 is 10.1 Å². The lowest BCUT2D eigenvalue weighted by Gasteiger charge is -2.15. The average molecular weight is 373 g/mol. The highest BCUT2D eigenvalue weighted by molar-refractivity contribution is 9.10. The molecule has 0 aliphatic carbocycles. The lowest BCUT2D eigenvalue weighted by atomic mass is 10.3. The lowest BCUT2D eigenvalue weighted by molar-refractivity contribution is -0.122. The fourth-order valence-electron chi connectivity index (χ4n) is 1.62. The Balaban J connectivity index is 2.02. The fourth-order valence-corrected chi connectivity index (χ4v) is 2.14. The maximum atomic E-state index is 13.7. The van der Waals surface area contributed by atoms with Gasteiger partial charge in [0.25, 0.3) is 5.91 Å². The van der Waals surface area contributed by atoms with Crippen molar-refractivity contribution in [3.8, 4) is 5.75 Å². The zero-order valence-corrected chi connectivity index (χ0v) is 13.4. The first-order valence-electron chi connectivity index (χ1n) is 6.14. The molecule has 0 aromatic heterocycles. The third kappa shape index (κ3) is 4.44. The van der Waals surface area contributed by atoms with E-state index in [1.54, 1.807) is 37.3 Å². The number of nitrogens with one attached hydrogen (secondary N) is 1. The van der Waals surface area contributed by atoms with E-state index in [-0.39, 0.29) is 5.69 Å². The molecule has 21 heavy (non-hydrogen) atoms. The molecule has 110 valence electrons. The molecule has 0 heterocycles. The van der Waals surface area contributed by atoms with Crippen LogP contribution in [-0.2, 0) is 4.79 Å². The summed E-state index contributed by atoms with van der Waals surface area (Å²) in [6.45, 7) is 1.58. The number of halogens is 3. The number of carbonyl (C=O) groups is 1. The molecule has 0 aliphatic heterocycles. The number of anilines is 1. The molecule has 2 aromatic rings. The van der Waals surface area contributed by atoms with Crippen molar-refractivity contribution >= 4 is 39.1 Å². The number of ether oxygens (including phenoxy) is 1. The largest absolute Gasteiger partial charge is 0.481 e. The van der Waals surface area contributed by atoms with Crippen molar-refractivity contribution in [3.05, 3.63) is 57.8 Å². The summed E-state index contributed by atoms with van der Waals surface area (Å²) in [5.41, 5.74) is 0.102. The zero-order chi connectivity index (χ0) is 15.4. The predicted octanol–water partition coefficient (Wildman–Crippen LogP) is 4.65. The monoisotopic (exact) mass is 371 g/mol. The zero-order valence-electron chi connectivity index (χ0n) is 11.1. The summed E-state index contributed by atoms with van der Waals surface area (Å²) in [4.78, 5) is 12.0. The van der Waals surface area contributed by atoms with Crippen LogP contribution in [0.15, 0.2) is 46.9 Å². The molecule has 2 rings (SSSR count). The quantitative estimate of drug-likeness (QED) is 0.848. The first-order valence-corrected chi connectivity index (χ1v) is 7.31. The number of amides is 1. The van der Waals surface area contributed by atoms with Crippen LogP contribution in [0, 0.1) is 5.82 Å². The van der Waals surface area contributed by atoms with Gasteiger partial charge in [-0.15, -0.1) is 0 Å². The molecule has 6 heteroatoms. The summed E-state index contributed by atoms with van der Waals surface area (Å²) in [6.07, 6.45) is -0.786. The van der Waals surface area contributed by atoms with Gasteiger partial charge < -0.3 is 10.1 Å². The Kier molecular flexibility index (Phi) is 5.20. The molecule has 1 unspecified atom stereocenters. The molecule has 0 aliphatic rings. The van der Waals surface area contributed by atoms with Gasteiger partial charge in [0.15, 0.2) is 6.10 Å². The summed E-state index contributed by atoms with van der Waals surface area (Å²) in [5.74, 6) is -0.495. The van der Waals surface area contributed by atoms with E-state index in [2.05, 4.69) is 21.2 Å². The molecule has 0 radical (unpaired) electrons. The van der Waals surface area contributed by atoms with Gasteiger partial charge in [0.05, 0.1) is 5.69 Å². The van der Waals surface area contributed by atoms with E-state index in [9.17, 15) is 9.18 Å². The van der Waals surface area contributed by atoms with E-state index >= 15 is 0 Å². The average Bonchev–Trinajstić information content (AvgIpc) is 2.41. The summed E-state index contributed by atoms with van der Waals surface area (Å²) < 4.78 is 19.7. The van der Waals surface area contributed by atoms with Crippen LogP contribution in [0.25, 0.3) is 0 Å². The van der Waals surface area contributed by atoms with Crippen LogP contribution in [0.1, 0.15) is 6.92 Å². The van der Waals surface area contributed by atoms with Crippen molar-refractivity contribution in [1.29, 1.82) is 0 Å². The molecule has 0 fully saturated rings. The Morgan fingerprint density at radius 3 is 2.76 bits per heavy atom. The normalized spacial score (nSPS) is 11.8. The summed E-state index contributed by atoms with van der Waals surface area (Å²) in [5, 5.41) is 2.99. The molecule has 1 amide bonds. The van der Waals surface area contributed by atoms with Gasteiger partial charge in [-0.1, -0.05) is 33.6 Å². The third-order valence-corrected chi connectivity index (χ3v) is 3.40. The van der Waals surface area contributed by atoms with Crippen LogP contribution in [0.4, 0.5) is 10.1 Å². The van der Waals surface area contributed by atoms with E-state index in [4.69, 9.17) is 16.3 Å². The molecule has 0 spiro atoms. The second kappa shape index (κ2) is 6.91. The molecular formula is C15H12BrClFNO2. The van der Waals surface area contributed by atoms with Crippen molar-refractivity contribution in [1.82, 2.24) is 0 Å². The maximum Gasteiger partial charge on any atom is 0.265 e. The van der Waals surface area contributed by atoms with E-state index in [1.807, 2.05) is 0 Å². The maximum absolute atomic E-state index is 13.7.